The Labute approximate surface area is 116 Å². The second-order valence-electron chi connectivity index (χ2n) is 5.29. The topological polar surface area (TPSA) is 27.8 Å². The van der Waals surface area contributed by atoms with Crippen LogP contribution in [-0.4, -0.2) is 12.0 Å². The maximum absolute atomic E-state index is 3.47. The minimum absolute atomic E-state index is 0.638. The van der Waals surface area contributed by atoms with Gasteiger partial charge >= 0.3 is 0 Å². The molecular formula is C17H24N2. The zero-order chi connectivity index (χ0) is 13.8. The Bertz CT molecular complexity index is 523. The number of hydrogen-bond donors (Lipinski definition) is 2. The Hall–Kier alpha value is -1.54. The molecular weight excluding hydrogens is 232 g/mol. The molecule has 0 aliphatic rings. The molecule has 0 amide bonds. The van der Waals surface area contributed by atoms with Gasteiger partial charge < -0.3 is 10.3 Å². The molecule has 2 nitrogen and oxygen atoms in total. The maximum atomic E-state index is 3.47. The fraction of sp³-hybridized carbons (Fsp3) is 0.412. The Morgan fingerprint density at radius 2 is 1.89 bits per heavy atom. The molecule has 1 unspecified atom stereocenters. The second kappa shape index (κ2) is 6.07. The van der Waals surface area contributed by atoms with E-state index in [9.17, 15) is 0 Å². The average Bonchev–Trinajstić information content (AvgIpc) is 2.80. The first-order chi connectivity index (χ1) is 9.15. The van der Waals surface area contributed by atoms with Crippen molar-refractivity contribution in [2.24, 2.45) is 0 Å². The van der Waals surface area contributed by atoms with E-state index in [0.717, 1.165) is 6.54 Å². The molecule has 1 aromatic carbocycles. The SMILES string of the molecule is CCC(C)c1ccc(-c2cc(CNC)c(C)[nH]2)cc1. The first-order valence-electron chi connectivity index (χ1n) is 7.09. The van der Waals surface area contributed by atoms with Crippen LogP contribution >= 0.6 is 0 Å². The molecule has 2 N–H and O–H groups in total. The van der Waals surface area contributed by atoms with E-state index in [1.807, 2.05) is 7.05 Å². The van der Waals surface area contributed by atoms with Crippen molar-refractivity contribution in [3.63, 3.8) is 0 Å². The highest BCUT2D eigenvalue weighted by atomic mass is 14.8. The summed E-state index contributed by atoms with van der Waals surface area (Å²) in [5, 5.41) is 3.20. The zero-order valence-corrected chi connectivity index (χ0v) is 12.4. The zero-order valence-electron chi connectivity index (χ0n) is 12.4. The molecule has 1 atom stereocenters. The molecule has 1 aromatic heterocycles. The van der Waals surface area contributed by atoms with Crippen molar-refractivity contribution < 1.29 is 0 Å². The highest BCUT2D eigenvalue weighted by molar-refractivity contribution is 5.62. The third-order valence-electron chi connectivity index (χ3n) is 3.89. The summed E-state index contributed by atoms with van der Waals surface area (Å²) in [6.45, 7) is 7.55. The molecule has 0 saturated carbocycles. The van der Waals surface area contributed by atoms with Gasteiger partial charge in [-0.05, 0) is 49.1 Å². The highest BCUT2D eigenvalue weighted by Gasteiger charge is 2.07. The molecule has 0 radical (unpaired) electrons. The molecule has 0 spiro atoms. The van der Waals surface area contributed by atoms with Gasteiger partial charge in [0.25, 0.3) is 0 Å². The highest BCUT2D eigenvalue weighted by Crippen LogP contribution is 2.25. The van der Waals surface area contributed by atoms with Crippen LogP contribution in [0, 0.1) is 6.92 Å². The molecule has 2 rings (SSSR count). The Kier molecular flexibility index (Phi) is 4.43. The lowest BCUT2D eigenvalue weighted by Gasteiger charge is -2.09. The predicted octanol–water partition coefficient (Wildman–Crippen LogP) is 4.22. The van der Waals surface area contributed by atoms with E-state index < -0.39 is 0 Å². The maximum Gasteiger partial charge on any atom is 0.0459 e. The number of rotatable bonds is 5. The summed E-state index contributed by atoms with van der Waals surface area (Å²) in [5.74, 6) is 0.638. The van der Waals surface area contributed by atoms with Gasteiger partial charge in [0.05, 0.1) is 0 Å². The summed E-state index contributed by atoms with van der Waals surface area (Å²) in [6.07, 6.45) is 1.19. The van der Waals surface area contributed by atoms with Crippen LogP contribution in [0.3, 0.4) is 0 Å². The number of aromatic nitrogens is 1. The van der Waals surface area contributed by atoms with E-state index in [1.165, 1.54) is 34.5 Å². The number of nitrogens with one attached hydrogen (secondary N) is 2. The number of benzene rings is 1. The molecule has 1 heterocycles. The molecule has 0 fully saturated rings. The molecule has 2 heteroatoms. The molecule has 2 aromatic rings. The summed E-state index contributed by atoms with van der Waals surface area (Å²) in [4.78, 5) is 3.47. The lowest BCUT2D eigenvalue weighted by atomic mass is 9.97. The molecule has 0 bridgehead atoms. The fourth-order valence-electron chi connectivity index (χ4n) is 2.36. The van der Waals surface area contributed by atoms with Crippen molar-refractivity contribution in [1.29, 1.82) is 0 Å². The Morgan fingerprint density at radius 1 is 1.21 bits per heavy atom. The van der Waals surface area contributed by atoms with E-state index in [1.54, 1.807) is 0 Å². The normalized spacial score (nSPS) is 12.6. The first kappa shape index (κ1) is 13.9. The van der Waals surface area contributed by atoms with E-state index in [-0.39, 0.29) is 0 Å². The first-order valence-corrected chi connectivity index (χ1v) is 7.09. The van der Waals surface area contributed by atoms with Crippen molar-refractivity contribution in [3.8, 4) is 11.3 Å². The largest absolute Gasteiger partial charge is 0.358 e. The van der Waals surface area contributed by atoms with Gasteiger partial charge in [-0.15, -0.1) is 0 Å². The minimum atomic E-state index is 0.638. The van der Waals surface area contributed by atoms with Crippen LogP contribution in [0.5, 0.6) is 0 Å². The predicted molar refractivity (Wildman–Crippen MR) is 82.4 cm³/mol. The lowest BCUT2D eigenvalue weighted by Crippen LogP contribution is -2.04. The van der Waals surface area contributed by atoms with Crippen molar-refractivity contribution in [3.05, 3.63) is 47.2 Å². The number of hydrogen-bond acceptors (Lipinski definition) is 1. The number of H-pyrrole nitrogens is 1. The average molecular weight is 256 g/mol. The third kappa shape index (κ3) is 3.07. The Balaban J connectivity index is 2.24. The minimum Gasteiger partial charge on any atom is -0.358 e. The lowest BCUT2D eigenvalue weighted by molar-refractivity contribution is 0.734. The van der Waals surface area contributed by atoms with Crippen LogP contribution in [-0.2, 0) is 6.54 Å². The molecule has 102 valence electrons. The quantitative estimate of drug-likeness (QED) is 0.823. The van der Waals surface area contributed by atoms with Crippen molar-refractivity contribution >= 4 is 0 Å². The van der Waals surface area contributed by atoms with Crippen LogP contribution in [0.4, 0.5) is 0 Å². The van der Waals surface area contributed by atoms with Crippen LogP contribution in [0.15, 0.2) is 30.3 Å². The van der Waals surface area contributed by atoms with Gasteiger partial charge in [-0.2, -0.15) is 0 Å². The summed E-state index contributed by atoms with van der Waals surface area (Å²) < 4.78 is 0. The number of aromatic amines is 1. The van der Waals surface area contributed by atoms with Crippen LogP contribution in [0.25, 0.3) is 11.3 Å². The van der Waals surface area contributed by atoms with Crippen molar-refractivity contribution in [2.75, 3.05) is 7.05 Å². The summed E-state index contributed by atoms with van der Waals surface area (Å²) in [6, 6.07) is 11.2. The molecule has 0 saturated heterocycles. The van der Waals surface area contributed by atoms with Crippen LogP contribution in [0.1, 0.15) is 43.0 Å². The molecule has 0 aliphatic carbocycles. The van der Waals surface area contributed by atoms with Crippen LogP contribution < -0.4 is 5.32 Å². The van der Waals surface area contributed by atoms with Crippen molar-refractivity contribution in [1.82, 2.24) is 10.3 Å². The van der Waals surface area contributed by atoms with E-state index >= 15 is 0 Å². The monoisotopic (exact) mass is 256 g/mol. The standard InChI is InChI=1S/C17H24N2/c1-5-12(2)14-6-8-15(9-7-14)17-10-16(11-18-4)13(3)19-17/h6-10,12,18-19H,5,11H2,1-4H3. The molecule has 19 heavy (non-hydrogen) atoms. The van der Waals surface area contributed by atoms with Gasteiger partial charge in [0.1, 0.15) is 0 Å². The third-order valence-corrected chi connectivity index (χ3v) is 3.89. The van der Waals surface area contributed by atoms with Crippen LogP contribution in [0.2, 0.25) is 0 Å². The van der Waals surface area contributed by atoms with E-state index in [4.69, 9.17) is 0 Å². The fourth-order valence-corrected chi connectivity index (χ4v) is 2.36. The van der Waals surface area contributed by atoms with Crippen molar-refractivity contribution in [2.45, 2.75) is 39.7 Å². The van der Waals surface area contributed by atoms with Gasteiger partial charge in [-0.1, -0.05) is 38.1 Å². The van der Waals surface area contributed by atoms with E-state index in [2.05, 4.69) is 61.4 Å². The van der Waals surface area contributed by atoms with Gasteiger partial charge in [-0.3, -0.25) is 0 Å². The summed E-state index contributed by atoms with van der Waals surface area (Å²) in [5.41, 5.74) is 6.47. The summed E-state index contributed by atoms with van der Waals surface area (Å²) in [7, 11) is 1.98. The molecule has 0 aliphatic heterocycles. The van der Waals surface area contributed by atoms with E-state index in [0.29, 0.717) is 5.92 Å². The number of aryl methyl sites for hydroxylation is 1. The van der Waals surface area contributed by atoms with Gasteiger partial charge in [0, 0.05) is 17.9 Å². The Morgan fingerprint density at radius 3 is 2.47 bits per heavy atom. The van der Waals surface area contributed by atoms with Gasteiger partial charge in [0.15, 0.2) is 0 Å². The second-order valence-corrected chi connectivity index (χ2v) is 5.29. The smallest absolute Gasteiger partial charge is 0.0459 e. The van der Waals surface area contributed by atoms with Gasteiger partial charge in [0.2, 0.25) is 0 Å². The van der Waals surface area contributed by atoms with Gasteiger partial charge in [-0.25, -0.2) is 0 Å². The summed E-state index contributed by atoms with van der Waals surface area (Å²) >= 11 is 0.